The van der Waals surface area contributed by atoms with Gasteiger partial charge in [-0.1, -0.05) is 13.8 Å². The molecule has 1 heterocycles. The Kier molecular flexibility index (Phi) is 3.83. The van der Waals surface area contributed by atoms with E-state index in [1.165, 1.54) is 17.1 Å². The summed E-state index contributed by atoms with van der Waals surface area (Å²) in [7, 11) is 0. The van der Waals surface area contributed by atoms with Gasteiger partial charge in [0.15, 0.2) is 0 Å². The Morgan fingerprint density at radius 1 is 1.29 bits per heavy atom. The van der Waals surface area contributed by atoms with Gasteiger partial charge in [0.1, 0.15) is 0 Å². The summed E-state index contributed by atoms with van der Waals surface area (Å²) < 4.78 is 5.28. The van der Waals surface area contributed by atoms with Crippen molar-refractivity contribution in [3.8, 4) is 0 Å². The van der Waals surface area contributed by atoms with Gasteiger partial charge < -0.3 is 4.74 Å². The van der Waals surface area contributed by atoms with Crippen LogP contribution in [0.15, 0.2) is 12.2 Å². The summed E-state index contributed by atoms with van der Waals surface area (Å²) in [5.41, 5.74) is 0. The third-order valence-corrected chi connectivity index (χ3v) is 1.81. The van der Waals surface area contributed by atoms with E-state index >= 15 is 0 Å². The Morgan fingerprint density at radius 2 is 1.86 bits per heavy atom. The minimum atomic E-state index is -0.247. The quantitative estimate of drug-likeness (QED) is 0.478. The van der Waals surface area contributed by atoms with Crippen LogP contribution < -0.4 is 0 Å². The molecule has 0 fully saturated rings. The maximum Gasteiger partial charge on any atom is 0.253 e. The summed E-state index contributed by atoms with van der Waals surface area (Å²) in [5.74, 6) is -0.0237. The average Bonchev–Trinajstić information content (AvgIpc) is 2.42. The predicted octanol–water partition coefficient (Wildman–Crippen LogP) is 0.584. The van der Waals surface area contributed by atoms with Gasteiger partial charge >= 0.3 is 0 Å². The van der Waals surface area contributed by atoms with Crippen LogP contribution >= 0.6 is 0 Å². The topological polar surface area (TPSA) is 46.6 Å². The molecule has 1 rings (SSSR count). The minimum Gasteiger partial charge on any atom is -0.379 e. The molecule has 0 aromatic heterocycles. The predicted molar refractivity (Wildman–Crippen MR) is 51.5 cm³/mol. The molecule has 14 heavy (non-hydrogen) atoms. The van der Waals surface area contributed by atoms with Crippen LogP contribution in [0.1, 0.15) is 13.8 Å². The van der Waals surface area contributed by atoms with Crippen LogP contribution in [0.4, 0.5) is 0 Å². The molecule has 1 aliphatic rings. The fraction of sp³-hybridized carbons (Fsp3) is 0.600. The van der Waals surface area contributed by atoms with E-state index in [1.54, 1.807) is 0 Å². The van der Waals surface area contributed by atoms with Gasteiger partial charge in [0, 0.05) is 18.8 Å². The van der Waals surface area contributed by atoms with Gasteiger partial charge in [0.25, 0.3) is 11.8 Å². The zero-order chi connectivity index (χ0) is 10.6. The van der Waals surface area contributed by atoms with Crippen LogP contribution in [0.3, 0.4) is 0 Å². The van der Waals surface area contributed by atoms with E-state index in [0.717, 1.165) is 0 Å². The highest BCUT2D eigenvalue weighted by Gasteiger charge is 2.22. The van der Waals surface area contributed by atoms with Crippen molar-refractivity contribution in [2.45, 2.75) is 13.8 Å². The lowest BCUT2D eigenvalue weighted by Crippen LogP contribution is -2.33. The molecule has 0 radical (unpaired) electrons. The van der Waals surface area contributed by atoms with Crippen LogP contribution in [0.25, 0.3) is 0 Å². The van der Waals surface area contributed by atoms with Crippen molar-refractivity contribution >= 4 is 11.8 Å². The van der Waals surface area contributed by atoms with E-state index in [1.807, 2.05) is 13.8 Å². The van der Waals surface area contributed by atoms with Crippen molar-refractivity contribution in [1.29, 1.82) is 0 Å². The van der Waals surface area contributed by atoms with E-state index in [2.05, 4.69) is 0 Å². The van der Waals surface area contributed by atoms with Crippen molar-refractivity contribution in [1.82, 2.24) is 4.90 Å². The summed E-state index contributed by atoms with van der Waals surface area (Å²) in [5, 5.41) is 0. The molecular weight excluding hydrogens is 182 g/mol. The molecular formula is C10H15NO3. The minimum absolute atomic E-state index is 0.247. The summed E-state index contributed by atoms with van der Waals surface area (Å²) in [6.07, 6.45) is 2.57. The summed E-state index contributed by atoms with van der Waals surface area (Å²) in [4.78, 5) is 23.3. The highest BCUT2D eigenvalue weighted by molar-refractivity contribution is 6.12. The van der Waals surface area contributed by atoms with Crippen molar-refractivity contribution in [2.24, 2.45) is 5.92 Å². The average molecular weight is 197 g/mol. The SMILES string of the molecule is CC(C)COCCN1C(=O)C=CC1=O. The van der Waals surface area contributed by atoms with Gasteiger partial charge in [-0.15, -0.1) is 0 Å². The molecule has 78 valence electrons. The Morgan fingerprint density at radius 3 is 2.36 bits per heavy atom. The Bertz CT molecular complexity index is 240. The molecule has 0 atom stereocenters. The number of carbonyl (C=O) groups excluding carboxylic acids is 2. The smallest absolute Gasteiger partial charge is 0.253 e. The molecule has 4 heteroatoms. The Labute approximate surface area is 83.5 Å². The number of rotatable bonds is 5. The first kappa shape index (κ1) is 10.9. The second kappa shape index (κ2) is 4.91. The van der Waals surface area contributed by atoms with E-state index < -0.39 is 0 Å². The van der Waals surface area contributed by atoms with Crippen LogP contribution in [0, 0.1) is 5.92 Å². The third kappa shape index (κ3) is 2.96. The van der Waals surface area contributed by atoms with Crippen LogP contribution in [-0.4, -0.2) is 36.5 Å². The van der Waals surface area contributed by atoms with Gasteiger partial charge in [-0.25, -0.2) is 0 Å². The number of hydrogen-bond donors (Lipinski definition) is 0. The molecule has 0 spiro atoms. The van der Waals surface area contributed by atoms with Gasteiger partial charge in [-0.2, -0.15) is 0 Å². The van der Waals surface area contributed by atoms with Crippen molar-refractivity contribution in [3.05, 3.63) is 12.2 Å². The number of hydrogen-bond acceptors (Lipinski definition) is 3. The lowest BCUT2D eigenvalue weighted by Gasteiger charge is -2.14. The monoisotopic (exact) mass is 197 g/mol. The fourth-order valence-electron chi connectivity index (χ4n) is 1.13. The third-order valence-electron chi connectivity index (χ3n) is 1.81. The van der Waals surface area contributed by atoms with E-state index in [0.29, 0.717) is 25.7 Å². The largest absolute Gasteiger partial charge is 0.379 e. The second-order valence-electron chi connectivity index (χ2n) is 3.63. The summed E-state index contributed by atoms with van der Waals surface area (Å²) in [6.45, 7) is 5.51. The van der Waals surface area contributed by atoms with E-state index in [9.17, 15) is 9.59 Å². The highest BCUT2D eigenvalue weighted by Crippen LogP contribution is 2.02. The van der Waals surface area contributed by atoms with E-state index in [-0.39, 0.29) is 11.8 Å². The zero-order valence-electron chi connectivity index (χ0n) is 8.53. The van der Waals surface area contributed by atoms with Gasteiger partial charge in [0.05, 0.1) is 13.2 Å². The molecule has 2 amide bonds. The highest BCUT2D eigenvalue weighted by atomic mass is 16.5. The molecule has 0 unspecified atom stereocenters. The first-order valence-corrected chi connectivity index (χ1v) is 4.72. The van der Waals surface area contributed by atoms with Crippen LogP contribution in [-0.2, 0) is 14.3 Å². The lowest BCUT2D eigenvalue weighted by atomic mass is 10.2. The molecule has 0 saturated carbocycles. The van der Waals surface area contributed by atoms with Crippen molar-refractivity contribution < 1.29 is 14.3 Å². The maximum atomic E-state index is 11.1. The van der Waals surface area contributed by atoms with Gasteiger partial charge in [-0.3, -0.25) is 14.5 Å². The molecule has 0 aromatic rings. The molecule has 1 aliphatic heterocycles. The van der Waals surface area contributed by atoms with Gasteiger partial charge in [0.2, 0.25) is 0 Å². The standard InChI is InChI=1S/C10H15NO3/c1-8(2)7-14-6-5-11-9(12)3-4-10(11)13/h3-4,8H,5-7H2,1-2H3. The normalized spacial score (nSPS) is 16.1. The Hall–Kier alpha value is -1.16. The van der Waals surface area contributed by atoms with Crippen molar-refractivity contribution in [3.63, 3.8) is 0 Å². The Balaban J connectivity index is 2.19. The molecule has 0 aromatic carbocycles. The number of nitrogens with zero attached hydrogens (tertiary/aromatic N) is 1. The zero-order valence-corrected chi connectivity index (χ0v) is 8.53. The fourth-order valence-corrected chi connectivity index (χ4v) is 1.13. The summed E-state index contributed by atoms with van der Waals surface area (Å²) in [6, 6.07) is 0. The molecule has 0 saturated heterocycles. The molecule has 0 N–H and O–H groups in total. The van der Waals surface area contributed by atoms with Gasteiger partial charge in [-0.05, 0) is 5.92 Å². The molecule has 4 nitrogen and oxygen atoms in total. The first-order valence-electron chi connectivity index (χ1n) is 4.72. The first-order chi connectivity index (χ1) is 6.61. The number of amides is 2. The maximum absolute atomic E-state index is 11.1. The number of carbonyl (C=O) groups is 2. The van der Waals surface area contributed by atoms with E-state index in [4.69, 9.17) is 4.74 Å². The lowest BCUT2D eigenvalue weighted by molar-refractivity contribution is -0.137. The van der Waals surface area contributed by atoms with Crippen LogP contribution in [0.5, 0.6) is 0 Å². The summed E-state index contributed by atoms with van der Waals surface area (Å²) >= 11 is 0. The molecule has 0 aliphatic carbocycles. The number of imide groups is 1. The van der Waals surface area contributed by atoms with Crippen LogP contribution in [0.2, 0.25) is 0 Å². The number of ether oxygens (including phenoxy) is 1. The second-order valence-corrected chi connectivity index (χ2v) is 3.63. The molecule has 0 bridgehead atoms. The van der Waals surface area contributed by atoms with Crippen molar-refractivity contribution in [2.75, 3.05) is 19.8 Å².